The maximum absolute atomic E-state index is 13.3. The van der Waals surface area contributed by atoms with E-state index in [2.05, 4.69) is 36.3 Å². The first-order valence-corrected chi connectivity index (χ1v) is 15.7. The molecule has 220 valence electrons. The number of aliphatic hydroxyl groups is 2. The number of carbonyl (C=O) groups excluding carboxylic acids is 1. The molecule has 0 spiro atoms. The van der Waals surface area contributed by atoms with E-state index in [-0.39, 0.29) is 23.2 Å². The standard InChI is InChI=1S/C32H47N3O4S/c1-21-25(15-10-16-28(21)36)30(38)33-26(20-40-24-13-6-5-7-14-24)29(37)19-35-18-23-12-9-8-11-22(23)17-27(35)31(39)34-32(2,3)4/h5-7,10,13-16,22-23,26-27,29,31,34,36-37,39H,8-9,11-12,17-20H2,1-4H3,(H,33,38)/t22-,23+,26-,27-,29+,31?/m0/s1. The van der Waals surface area contributed by atoms with Gasteiger partial charge in [-0.25, -0.2) is 0 Å². The van der Waals surface area contributed by atoms with Gasteiger partial charge in [-0.1, -0.05) is 43.5 Å². The predicted octanol–water partition coefficient (Wildman–Crippen LogP) is 4.54. The van der Waals surface area contributed by atoms with E-state index < -0.39 is 18.4 Å². The molecule has 40 heavy (non-hydrogen) atoms. The maximum atomic E-state index is 13.3. The highest BCUT2D eigenvalue weighted by Gasteiger charge is 2.41. The molecule has 5 N–H and O–H groups in total. The number of phenolic OH excluding ortho intramolecular Hbond substituents is 1. The fraction of sp³-hybridized carbons (Fsp3) is 0.594. The van der Waals surface area contributed by atoms with Crippen LogP contribution in [0.5, 0.6) is 5.75 Å². The number of nitrogens with one attached hydrogen (secondary N) is 2. The molecular weight excluding hydrogens is 522 g/mol. The van der Waals surface area contributed by atoms with Crippen LogP contribution in [-0.4, -0.2) is 74.9 Å². The van der Waals surface area contributed by atoms with E-state index in [1.54, 1.807) is 36.9 Å². The van der Waals surface area contributed by atoms with Crippen molar-refractivity contribution < 1.29 is 20.1 Å². The molecule has 2 aromatic carbocycles. The predicted molar refractivity (Wildman–Crippen MR) is 162 cm³/mol. The number of rotatable bonds is 10. The van der Waals surface area contributed by atoms with Gasteiger partial charge in [0.1, 0.15) is 12.0 Å². The van der Waals surface area contributed by atoms with Gasteiger partial charge in [0.05, 0.1) is 12.1 Å². The second-order valence-electron chi connectivity index (χ2n) is 12.6. The summed E-state index contributed by atoms with van der Waals surface area (Å²) in [5.74, 6) is 1.41. The summed E-state index contributed by atoms with van der Waals surface area (Å²) in [7, 11) is 0. The molecule has 1 heterocycles. The van der Waals surface area contributed by atoms with Crippen molar-refractivity contribution in [2.45, 2.75) is 94.6 Å². The Labute approximate surface area is 243 Å². The van der Waals surface area contributed by atoms with Crippen LogP contribution < -0.4 is 10.6 Å². The van der Waals surface area contributed by atoms with Crippen molar-refractivity contribution in [1.82, 2.24) is 15.5 Å². The Morgan fingerprint density at radius 3 is 2.45 bits per heavy atom. The lowest BCUT2D eigenvalue weighted by atomic mass is 9.72. The van der Waals surface area contributed by atoms with Crippen molar-refractivity contribution in [3.63, 3.8) is 0 Å². The van der Waals surface area contributed by atoms with Crippen LogP contribution in [0, 0.1) is 18.8 Å². The molecule has 1 unspecified atom stereocenters. The topological polar surface area (TPSA) is 105 Å². The number of hydrogen-bond donors (Lipinski definition) is 5. The van der Waals surface area contributed by atoms with Crippen molar-refractivity contribution in [3.8, 4) is 5.75 Å². The zero-order chi connectivity index (χ0) is 28.9. The lowest BCUT2D eigenvalue weighted by molar-refractivity contribution is -0.0634. The molecule has 1 aliphatic heterocycles. The minimum atomic E-state index is -0.845. The minimum Gasteiger partial charge on any atom is -0.508 e. The number of likely N-dealkylation sites (tertiary alicyclic amines) is 1. The molecule has 0 radical (unpaired) electrons. The zero-order valence-corrected chi connectivity index (χ0v) is 25.2. The lowest BCUT2D eigenvalue weighted by Crippen LogP contribution is -2.62. The van der Waals surface area contributed by atoms with Crippen LogP contribution in [0.25, 0.3) is 0 Å². The summed E-state index contributed by atoms with van der Waals surface area (Å²) in [5.41, 5.74) is 0.669. The Hall–Kier alpha value is -2.10. The molecular formula is C32H47N3O4S. The van der Waals surface area contributed by atoms with E-state index >= 15 is 0 Å². The molecule has 0 aromatic heterocycles. The van der Waals surface area contributed by atoms with Crippen molar-refractivity contribution in [2.24, 2.45) is 11.8 Å². The van der Waals surface area contributed by atoms with E-state index in [0.29, 0.717) is 35.3 Å². The van der Waals surface area contributed by atoms with E-state index in [4.69, 9.17) is 0 Å². The van der Waals surface area contributed by atoms with E-state index in [9.17, 15) is 20.1 Å². The molecule has 8 heteroatoms. The average molecular weight is 570 g/mol. The Bertz CT molecular complexity index is 1110. The highest BCUT2D eigenvalue weighted by Crippen LogP contribution is 2.39. The molecule has 2 fully saturated rings. The van der Waals surface area contributed by atoms with Crippen LogP contribution in [0.1, 0.15) is 68.8 Å². The van der Waals surface area contributed by atoms with Crippen molar-refractivity contribution in [1.29, 1.82) is 0 Å². The van der Waals surface area contributed by atoms with Crippen LogP contribution in [0.4, 0.5) is 0 Å². The molecule has 1 aliphatic carbocycles. The Kier molecular flexibility index (Phi) is 10.6. The summed E-state index contributed by atoms with van der Waals surface area (Å²) in [6, 6.07) is 14.2. The monoisotopic (exact) mass is 569 g/mol. The van der Waals surface area contributed by atoms with Crippen molar-refractivity contribution in [3.05, 3.63) is 59.7 Å². The smallest absolute Gasteiger partial charge is 0.252 e. The van der Waals surface area contributed by atoms with E-state index in [1.165, 1.54) is 25.7 Å². The van der Waals surface area contributed by atoms with Gasteiger partial charge in [-0.3, -0.25) is 15.0 Å². The fourth-order valence-electron chi connectivity index (χ4n) is 6.24. The summed E-state index contributed by atoms with van der Waals surface area (Å²) in [6.45, 7) is 9.08. The summed E-state index contributed by atoms with van der Waals surface area (Å²) < 4.78 is 0. The number of nitrogens with zero attached hydrogens (tertiary/aromatic N) is 1. The van der Waals surface area contributed by atoms with Gasteiger partial charge in [0, 0.05) is 46.4 Å². The number of piperidine rings is 1. The lowest BCUT2D eigenvalue weighted by Gasteiger charge is -2.49. The molecule has 1 amide bonds. The number of amides is 1. The molecule has 2 aromatic rings. The van der Waals surface area contributed by atoms with Crippen LogP contribution in [-0.2, 0) is 0 Å². The summed E-state index contributed by atoms with van der Waals surface area (Å²) in [4.78, 5) is 16.7. The maximum Gasteiger partial charge on any atom is 0.252 e. The fourth-order valence-corrected chi connectivity index (χ4v) is 7.27. The van der Waals surface area contributed by atoms with Crippen LogP contribution >= 0.6 is 11.8 Å². The number of β-amino-alcohol motifs (C(OH)–C–C–N with tert-alkyl or cyclic N) is 1. The zero-order valence-electron chi connectivity index (χ0n) is 24.3. The highest BCUT2D eigenvalue weighted by molar-refractivity contribution is 7.99. The van der Waals surface area contributed by atoms with Gasteiger partial charge in [-0.2, -0.15) is 0 Å². The number of benzene rings is 2. The third-order valence-corrected chi connectivity index (χ3v) is 9.55. The van der Waals surface area contributed by atoms with Crippen LogP contribution in [0.15, 0.2) is 53.4 Å². The molecule has 7 nitrogen and oxygen atoms in total. The number of thioether (sulfide) groups is 1. The number of aliphatic hydroxyl groups excluding tert-OH is 2. The number of aromatic hydroxyl groups is 1. The number of carbonyl (C=O) groups is 1. The van der Waals surface area contributed by atoms with Crippen LogP contribution in [0.2, 0.25) is 0 Å². The largest absolute Gasteiger partial charge is 0.508 e. The van der Waals surface area contributed by atoms with Gasteiger partial charge in [-0.05, 0) is 76.6 Å². The first-order chi connectivity index (χ1) is 19.0. The van der Waals surface area contributed by atoms with Gasteiger partial charge < -0.3 is 20.6 Å². The normalized spacial score (nSPS) is 24.1. The molecule has 1 saturated heterocycles. The molecule has 1 saturated carbocycles. The van der Waals surface area contributed by atoms with E-state index in [0.717, 1.165) is 17.9 Å². The third-order valence-electron chi connectivity index (χ3n) is 8.42. The number of hydrogen-bond acceptors (Lipinski definition) is 7. The van der Waals surface area contributed by atoms with Gasteiger partial charge >= 0.3 is 0 Å². The second kappa shape index (κ2) is 13.7. The molecule has 6 atom stereocenters. The van der Waals surface area contributed by atoms with Gasteiger partial charge in [0.2, 0.25) is 0 Å². The van der Waals surface area contributed by atoms with Gasteiger partial charge in [-0.15, -0.1) is 11.8 Å². The number of phenols is 1. The first-order valence-electron chi connectivity index (χ1n) is 14.7. The van der Waals surface area contributed by atoms with Crippen LogP contribution in [0.3, 0.4) is 0 Å². The minimum absolute atomic E-state index is 0.0712. The second-order valence-corrected chi connectivity index (χ2v) is 13.7. The molecule has 4 rings (SSSR count). The molecule has 2 aliphatic rings. The van der Waals surface area contributed by atoms with E-state index in [1.807, 2.05) is 30.3 Å². The Morgan fingerprint density at radius 2 is 1.75 bits per heavy atom. The summed E-state index contributed by atoms with van der Waals surface area (Å²) in [6.07, 6.45) is 4.22. The summed E-state index contributed by atoms with van der Waals surface area (Å²) in [5, 5.41) is 39.5. The highest BCUT2D eigenvalue weighted by atomic mass is 32.2. The quantitative estimate of drug-likeness (QED) is 0.211. The average Bonchev–Trinajstić information content (AvgIpc) is 2.91. The Morgan fingerprint density at radius 1 is 1.05 bits per heavy atom. The Balaban J connectivity index is 1.53. The van der Waals surface area contributed by atoms with Gasteiger partial charge in [0.15, 0.2) is 0 Å². The number of fused-ring (bicyclic) bond motifs is 1. The van der Waals surface area contributed by atoms with Gasteiger partial charge in [0.25, 0.3) is 5.91 Å². The third kappa shape index (κ3) is 8.23. The van der Waals surface area contributed by atoms with Crippen molar-refractivity contribution in [2.75, 3.05) is 18.8 Å². The summed E-state index contributed by atoms with van der Waals surface area (Å²) >= 11 is 1.59. The first kappa shape index (κ1) is 30.8. The van der Waals surface area contributed by atoms with Crippen molar-refractivity contribution >= 4 is 17.7 Å². The molecule has 0 bridgehead atoms. The SMILES string of the molecule is Cc1c(O)cccc1C(=O)N[C@@H](CSc1ccccc1)[C@H](O)CN1C[C@H]2CCCC[C@H]2C[C@H]1C(O)NC(C)(C)C.